The molecule has 1 fully saturated rings. The lowest BCUT2D eigenvalue weighted by atomic mass is 10.6. The Kier molecular flexibility index (Phi) is 0.498. The van der Waals surface area contributed by atoms with Crippen LogP contribution in [0.5, 0.6) is 0 Å². The predicted molar refractivity (Wildman–Crippen MR) is 15.6 cm³/mol. The van der Waals surface area contributed by atoms with Gasteiger partial charge < -0.3 is 5.26 Å². The minimum Gasteiger partial charge on any atom is -0.588 e. The molecule has 0 amide bonds. The molecule has 0 radical (unpaired) electrons. The number of hydrogen-bond donors (Lipinski definition) is 0. The molecule has 0 aromatic rings. The van der Waals surface area contributed by atoms with Crippen LogP contribution in [0, 0.1) is 0 Å². The highest BCUT2D eigenvalue weighted by Gasteiger charge is 2.48. The SMILES string of the molecule is CC1OC1=[O+][O-]. The molecule has 1 unspecified atom stereocenters. The first-order valence-electron chi connectivity index (χ1n) is 1.68. The van der Waals surface area contributed by atoms with Gasteiger partial charge in [0, 0.05) is 6.92 Å². The van der Waals surface area contributed by atoms with E-state index >= 15 is 0 Å². The average Bonchev–Trinajstić information content (AvgIpc) is 2.19. The molecular weight excluding hydrogens is 84.0 g/mol. The summed E-state index contributed by atoms with van der Waals surface area (Å²) in [6, 6.07) is 0. The summed E-state index contributed by atoms with van der Waals surface area (Å²) in [5, 5.41) is 9.24. The normalized spacial score (nSPS) is 36.2. The van der Waals surface area contributed by atoms with Crippen molar-refractivity contribution in [1.82, 2.24) is 0 Å². The number of hydrogen-bond acceptors (Lipinski definition) is 2. The first-order valence-corrected chi connectivity index (χ1v) is 1.68. The van der Waals surface area contributed by atoms with Gasteiger partial charge in [-0.15, -0.1) is 0 Å². The lowest BCUT2D eigenvalue weighted by molar-refractivity contribution is -1.05. The van der Waals surface area contributed by atoms with E-state index in [2.05, 4.69) is 9.31 Å². The maximum Gasteiger partial charge on any atom is 0.571 e. The summed E-state index contributed by atoms with van der Waals surface area (Å²) in [6.07, 6.45) is -0.0532. The molecule has 3 heteroatoms. The van der Waals surface area contributed by atoms with E-state index in [-0.39, 0.29) is 12.1 Å². The molecule has 1 aliphatic heterocycles. The van der Waals surface area contributed by atoms with E-state index < -0.39 is 0 Å². The minimum atomic E-state index is -0.0532. The highest BCUT2D eigenvalue weighted by atomic mass is 17.1. The van der Waals surface area contributed by atoms with Crippen LogP contribution in [-0.4, -0.2) is 12.1 Å². The van der Waals surface area contributed by atoms with E-state index in [0.29, 0.717) is 0 Å². The van der Waals surface area contributed by atoms with Gasteiger partial charge in [0.1, 0.15) is 0 Å². The first kappa shape index (κ1) is 3.46. The monoisotopic (exact) mass is 88.0 g/mol. The van der Waals surface area contributed by atoms with Gasteiger partial charge in [0.15, 0.2) is 0 Å². The smallest absolute Gasteiger partial charge is 0.571 e. The maximum absolute atomic E-state index is 9.24. The molecule has 0 N–H and O–H groups in total. The molecule has 1 heterocycles. The van der Waals surface area contributed by atoms with Gasteiger partial charge in [0.05, 0.1) is 0 Å². The molecule has 0 aromatic heterocycles. The molecule has 0 spiro atoms. The van der Waals surface area contributed by atoms with Crippen molar-refractivity contribution in [3.05, 3.63) is 0 Å². The lowest BCUT2D eigenvalue weighted by Crippen LogP contribution is -1.98. The van der Waals surface area contributed by atoms with E-state index in [1.165, 1.54) is 0 Å². The molecule has 0 aromatic carbocycles. The Hall–Kier alpha value is -0.730. The quantitative estimate of drug-likeness (QED) is 0.161. The summed E-state index contributed by atoms with van der Waals surface area (Å²) in [5.74, 6) is 0.204. The van der Waals surface area contributed by atoms with Crippen LogP contribution in [0.25, 0.3) is 0 Å². The lowest BCUT2D eigenvalue weighted by Gasteiger charge is -1.62. The van der Waals surface area contributed by atoms with Crippen LogP contribution >= 0.6 is 0 Å². The third kappa shape index (κ3) is 0.319. The highest BCUT2D eigenvalue weighted by molar-refractivity contribution is 5.86. The topological polar surface area (TPSA) is 46.9 Å². The summed E-state index contributed by atoms with van der Waals surface area (Å²) in [7, 11) is 0. The zero-order chi connectivity index (χ0) is 4.57. The van der Waals surface area contributed by atoms with Crippen molar-refractivity contribution in [3.63, 3.8) is 0 Å². The average molecular weight is 88.1 g/mol. The van der Waals surface area contributed by atoms with E-state index in [1.54, 1.807) is 6.92 Å². The van der Waals surface area contributed by atoms with Crippen LogP contribution in [-0.2, 0) is 9.31 Å². The molecule has 0 saturated carbocycles. The second-order valence-corrected chi connectivity index (χ2v) is 1.16. The standard InChI is InChI=1S/C3H4O3/c1-2-3(5-2)6-4/h2H,1H3. The minimum absolute atomic E-state index is 0.0532. The molecule has 6 heavy (non-hydrogen) atoms. The van der Waals surface area contributed by atoms with Crippen molar-refractivity contribution in [2.45, 2.75) is 13.0 Å². The molecule has 1 rings (SSSR count). The van der Waals surface area contributed by atoms with Gasteiger partial charge in [-0.3, -0.25) is 9.31 Å². The predicted octanol–water partition coefficient (Wildman–Crippen LogP) is -1.26. The number of epoxide rings is 1. The maximum atomic E-state index is 9.24. The van der Waals surface area contributed by atoms with E-state index in [1.807, 2.05) is 0 Å². The number of rotatable bonds is 0. The molecular formula is C3H4O3. The molecule has 0 aliphatic carbocycles. The van der Waals surface area contributed by atoms with Gasteiger partial charge in [0.25, 0.3) is 0 Å². The summed E-state index contributed by atoms with van der Waals surface area (Å²) in [4.78, 5) is 0. The van der Waals surface area contributed by atoms with Crippen molar-refractivity contribution in [3.8, 4) is 0 Å². The fourth-order valence-electron chi connectivity index (χ4n) is 0.228. The fourth-order valence-corrected chi connectivity index (χ4v) is 0.228. The Morgan fingerprint density at radius 3 is 2.50 bits per heavy atom. The van der Waals surface area contributed by atoms with Gasteiger partial charge in [-0.05, 0) is 0 Å². The Morgan fingerprint density at radius 1 is 2.00 bits per heavy atom. The molecule has 0 bridgehead atoms. The van der Waals surface area contributed by atoms with Gasteiger partial charge in [-0.2, -0.15) is 0 Å². The van der Waals surface area contributed by atoms with Gasteiger partial charge in [-0.25, -0.2) is 0 Å². The van der Waals surface area contributed by atoms with Crippen LogP contribution < -0.4 is 5.26 Å². The summed E-state index contributed by atoms with van der Waals surface area (Å²) in [6.45, 7) is 1.74. The van der Waals surface area contributed by atoms with Crippen LogP contribution in [0.15, 0.2) is 0 Å². The summed E-state index contributed by atoms with van der Waals surface area (Å²) < 4.78 is 7.87. The Balaban J connectivity index is 2.44. The largest absolute Gasteiger partial charge is 0.588 e. The Bertz CT molecular complexity index is 86.0. The molecule has 34 valence electrons. The van der Waals surface area contributed by atoms with E-state index in [9.17, 15) is 5.26 Å². The van der Waals surface area contributed by atoms with Crippen molar-refractivity contribution in [1.29, 1.82) is 0 Å². The Labute approximate surface area is 34.8 Å². The van der Waals surface area contributed by atoms with Gasteiger partial charge >= 0.3 is 12.1 Å². The van der Waals surface area contributed by atoms with Crippen LogP contribution in [0.4, 0.5) is 0 Å². The number of cyclic esters (lactones) is 1. The fraction of sp³-hybridized carbons (Fsp3) is 0.667. The van der Waals surface area contributed by atoms with Crippen LogP contribution in [0.1, 0.15) is 6.92 Å². The molecule has 1 aliphatic rings. The highest BCUT2D eigenvalue weighted by Crippen LogP contribution is 2.09. The third-order valence-corrected chi connectivity index (χ3v) is 0.650. The van der Waals surface area contributed by atoms with E-state index in [0.717, 1.165) is 0 Å². The van der Waals surface area contributed by atoms with Crippen LogP contribution in [0.2, 0.25) is 0 Å². The number of ether oxygens (including phenoxy) is 1. The number of carbonyl (C=O) groups excluding carboxylic acids is 1. The summed E-state index contributed by atoms with van der Waals surface area (Å²) >= 11 is 0. The van der Waals surface area contributed by atoms with Crippen LogP contribution in [0.3, 0.4) is 0 Å². The van der Waals surface area contributed by atoms with Crippen molar-refractivity contribution < 1.29 is 14.6 Å². The summed E-state index contributed by atoms with van der Waals surface area (Å²) in [5.41, 5.74) is 0. The zero-order valence-corrected chi connectivity index (χ0v) is 3.30. The third-order valence-electron chi connectivity index (χ3n) is 0.650. The first-order chi connectivity index (χ1) is 2.84. The molecule has 3 nitrogen and oxygen atoms in total. The van der Waals surface area contributed by atoms with Crippen molar-refractivity contribution >= 4 is 5.97 Å². The molecule has 1 saturated heterocycles. The van der Waals surface area contributed by atoms with E-state index in [4.69, 9.17) is 0 Å². The second kappa shape index (κ2) is 0.864. The molecule has 1 atom stereocenters. The second-order valence-electron chi connectivity index (χ2n) is 1.16. The van der Waals surface area contributed by atoms with Crippen molar-refractivity contribution in [2.75, 3.05) is 0 Å². The van der Waals surface area contributed by atoms with Gasteiger partial charge in [0.2, 0.25) is 0 Å². The Morgan fingerprint density at radius 2 is 2.50 bits per heavy atom. The van der Waals surface area contributed by atoms with Crippen molar-refractivity contribution in [2.24, 2.45) is 0 Å². The van der Waals surface area contributed by atoms with Gasteiger partial charge in [-0.1, -0.05) is 0 Å². The zero-order valence-electron chi connectivity index (χ0n) is 3.30.